The average molecular weight is 243 g/mol. The molecule has 0 atom stereocenters. The molecule has 1 radical (unpaired) electrons. The molecule has 0 heterocycles. The molecule has 0 aliphatic carbocycles. The Hall–Kier alpha value is -2.76. The zero-order valence-corrected chi connectivity index (χ0v) is 9.07. The summed E-state index contributed by atoms with van der Waals surface area (Å²) in [6.45, 7) is 0. The monoisotopic (exact) mass is 243 g/mol. The first-order valence-corrected chi connectivity index (χ1v) is 4.99. The second kappa shape index (κ2) is 4.62. The van der Waals surface area contributed by atoms with Gasteiger partial charge in [0.15, 0.2) is 0 Å². The molecule has 18 heavy (non-hydrogen) atoms. The van der Waals surface area contributed by atoms with Crippen molar-refractivity contribution in [2.45, 2.75) is 0 Å². The van der Waals surface area contributed by atoms with E-state index in [1.807, 2.05) is 0 Å². The van der Waals surface area contributed by atoms with Crippen LogP contribution in [0.1, 0.15) is 0 Å². The maximum absolute atomic E-state index is 10.9. The minimum atomic E-state index is -0.561. The van der Waals surface area contributed by atoms with Crippen molar-refractivity contribution in [1.82, 2.24) is 0 Å². The number of benzene rings is 2. The Kier molecular flexibility index (Phi) is 3.01. The molecule has 6 heteroatoms. The molecule has 6 nitrogen and oxygen atoms in total. The molecule has 0 unspecified atom stereocenters. The summed E-state index contributed by atoms with van der Waals surface area (Å²) in [5.41, 5.74) is 0.433. The number of nitro benzene ring substituents is 2. The Morgan fingerprint density at radius 3 is 2.44 bits per heavy atom. The maximum atomic E-state index is 10.9. The van der Waals surface area contributed by atoms with Gasteiger partial charge in [-0.05, 0) is 17.7 Å². The van der Waals surface area contributed by atoms with Crippen molar-refractivity contribution >= 4 is 11.4 Å². The van der Waals surface area contributed by atoms with E-state index in [-0.39, 0.29) is 11.4 Å². The van der Waals surface area contributed by atoms with Crippen molar-refractivity contribution in [3.8, 4) is 11.1 Å². The van der Waals surface area contributed by atoms with Gasteiger partial charge in [-0.2, -0.15) is 0 Å². The average Bonchev–Trinajstić information content (AvgIpc) is 2.39. The van der Waals surface area contributed by atoms with Gasteiger partial charge < -0.3 is 0 Å². The van der Waals surface area contributed by atoms with Crippen molar-refractivity contribution < 1.29 is 9.85 Å². The van der Waals surface area contributed by atoms with Crippen LogP contribution in [0, 0.1) is 26.3 Å². The van der Waals surface area contributed by atoms with Gasteiger partial charge in [0.25, 0.3) is 11.4 Å². The van der Waals surface area contributed by atoms with Crippen LogP contribution >= 0.6 is 0 Å². The second-order valence-corrected chi connectivity index (χ2v) is 3.50. The lowest BCUT2D eigenvalue weighted by Gasteiger charge is -2.02. The van der Waals surface area contributed by atoms with Crippen LogP contribution in [-0.4, -0.2) is 9.85 Å². The van der Waals surface area contributed by atoms with Crippen LogP contribution in [0.15, 0.2) is 42.5 Å². The lowest BCUT2D eigenvalue weighted by atomic mass is 10.0. The summed E-state index contributed by atoms with van der Waals surface area (Å²) in [7, 11) is 0. The van der Waals surface area contributed by atoms with Gasteiger partial charge in [-0.3, -0.25) is 20.2 Å². The molecular weight excluding hydrogens is 236 g/mol. The summed E-state index contributed by atoms with van der Waals surface area (Å²) in [6.07, 6.45) is 0. The van der Waals surface area contributed by atoms with E-state index in [0.717, 1.165) is 0 Å². The topological polar surface area (TPSA) is 86.3 Å². The molecule has 0 fully saturated rings. The van der Waals surface area contributed by atoms with Gasteiger partial charge in [0, 0.05) is 12.1 Å². The van der Waals surface area contributed by atoms with E-state index in [0.29, 0.717) is 11.1 Å². The lowest BCUT2D eigenvalue weighted by molar-refractivity contribution is -0.385. The summed E-state index contributed by atoms with van der Waals surface area (Å²) in [5.74, 6) is 0. The van der Waals surface area contributed by atoms with Gasteiger partial charge in [0.2, 0.25) is 0 Å². The van der Waals surface area contributed by atoms with E-state index < -0.39 is 9.85 Å². The summed E-state index contributed by atoms with van der Waals surface area (Å²) in [5, 5.41) is 21.5. The van der Waals surface area contributed by atoms with E-state index in [1.54, 1.807) is 12.1 Å². The molecule has 2 aromatic rings. The fourth-order valence-corrected chi connectivity index (χ4v) is 1.60. The standard InChI is InChI=1S/C12H7N2O4/c15-13(16)10-5-3-4-9(8-10)11-6-1-2-7-12(11)14(17)18/h1-6,8H. The van der Waals surface area contributed by atoms with Crippen molar-refractivity contribution in [3.63, 3.8) is 0 Å². The zero-order chi connectivity index (χ0) is 13.1. The Morgan fingerprint density at radius 1 is 1.00 bits per heavy atom. The normalized spacial score (nSPS) is 10.0. The quantitative estimate of drug-likeness (QED) is 0.612. The van der Waals surface area contributed by atoms with Gasteiger partial charge in [-0.25, -0.2) is 0 Å². The molecule has 0 aliphatic heterocycles. The third-order valence-corrected chi connectivity index (χ3v) is 2.38. The summed E-state index contributed by atoms with van der Waals surface area (Å²) in [6, 6.07) is 12.8. The first-order chi connectivity index (χ1) is 8.59. The molecule has 0 saturated heterocycles. The highest BCUT2D eigenvalue weighted by Crippen LogP contribution is 2.30. The lowest BCUT2D eigenvalue weighted by Crippen LogP contribution is -1.93. The highest BCUT2D eigenvalue weighted by atomic mass is 16.6. The molecule has 0 saturated carbocycles. The van der Waals surface area contributed by atoms with E-state index in [1.165, 1.54) is 30.3 Å². The van der Waals surface area contributed by atoms with Gasteiger partial charge in [-0.15, -0.1) is 0 Å². The molecule has 2 aromatic carbocycles. The fourth-order valence-electron chi connectivity index (χ4n) is 1.60. The number of rotatable bonds is 3. The molecule has 0 amide bonds. The van der Waals surface area contributed by atoms with E-state index in [4.69, 9.17) is 0 Å². The van der Waals surface area contributed by atoms with Crippen LogP contribution < -0.4 is 0 Å². The molecule has 0 aliphatic rings. The van der Waals surface area contributed by atoms with Crippen LogP contribution in [0.4, 0.5) is 11.4 Å². The minimum absolute atomic E-state index is 0.106. The number of hydrogen-bond acceptors (Lipinski definition) is 4. The third kappa shape index (κ3) is 2.17. The fraction of sp³-hybridized carbons (Fsp3) is 0. The Balaban J connectivity index is 2.58. The van der Waals surface area contributed by atoms with Gasteiger partial charge in [0.05, 0.1) is 21.5 Å². The van der Waals surface area contributed by atoms with Gasteiger partial charge in [0.1, 0.15) is 0 Å². The highest BCUT2D eigenvalue weighted by molar-refractivity contribution is 5.74. The molecular formula is C12H7N2O4. The Bertz CT molecular complexity index is 625. The molecule has 89 valence electrons. The van der Waals surface area contributed by atoms with Crippen molar-refractivity contribution in [1.29, 1.82) is 0 Å². The number of non-ortho nitro benzene ring substituents is 1. The van der Waals surface area contributed by atoms with Crippen LogP contribution in [-0.2, 0) is 0 Å². The first-order valence-electron chi connectivity index (χ1n) is 4.99. The Labute approximate surface area is 102 Å². The molecule has 0 spiro atoms. The molecule has 0 aromatic heterocycles. The number of hydrogen-bond donors (Lipinski definition) is 0. The second-order valence-electron chi connectivity index (χ2n) is 3.50. The van der Waals surface area contributed by atoms with E-state index >= 15 is 0 Å². The van der Waals surface area contributed by atoms with Crippen molar-refractivity contribution in [2.75, 3.05) is 0 Å². The smallest absolute Gasteiger partial charge is 0.258 e. The number of nitro groups is 2. The molecule has 0 bridgehead atoms. The summed E-state index contributed by atoms with van der Waals surface area (Å²) < 4.78 is 0. The van der Waals surface area contributed by atoms with Crippen LogP contribution in [0.2, 0.25) is 0 Å². The van der Waals surface area contributed by atoms with E-state index in [9.17, 15) is 20.2 Å². The SMILES string of the molecule is O=[N+]([O-])c1cccc(-c2ccc[c]c2[N+](=O)[O-])c1. The van der Waals surface area contributed by atoms with Gasteiger partial charge in [-0.1, -0.05) is 18.2 Å². The predicted molar refractivity (Wildman–Crippen MR) is 64.0 cm³/mol. The summed E-state index contributed by atoms with van der Waals surface area (Å²) in [4.78, 5) is 20.4. The van der Waals surface area contributed by atoms with Crippen LogP contribution in [0.3, 0.4) is 0 Å². The third-order valence-electron chi connectivity index (χ3n) is 2.38. The number of para-hydroxylation sites is 1. The molecule has 2 rings (SSSR count). The first kappa shape index (κ1) is 11.7. The maximum Gasteiger partial charge on any atom is 0.285 e. The largest absolute Gasteiger partial charge is 0.285 e. The van der Waals surface area contributed by atoms with E-state index in [2.05, 4.69) is 6.07 Å². The number of nitrogens with zero attached hydrogens (tertiary/aromatic N) is 2. The summed E-state index contributed by atoms with van der Waals surface area (Å²) >= 11 is 0. The minimum Gasteiger partial charge on any atom is -0.258 e. The predicted octanol–water partition coefficient (Wildman–Crippen LogP) is 2.97. The van der Waals surface area contributed by atoms with Gasteiger partial charge >= 0.3 is 0 Å². The van der Waals surface area contributed by atoms with Crippen molar-refractivity contribution in [2.24, 2.45) is 0 Å². The zero-order valence-electron chi connectivity index (χ0n) is 9.07. The molecule has 0 N–H and O–H groups in total. The Morgan fingerprint density at radius 2 is 1.78 bits per heavy atom. The van der Waals surface area contributed by atoms with Crippen LogP contribution in [0.25, 0.3) is 11.1 Å². The highest BCUT2D eigenvalue weighted by Gasteiger charge is 2.16. The van der Waals surface area contributed by atoms with Crippen molar-refractivity contribution in [3.05, 3.63) is 68.8 Å². The van der Waals surface area contributed by atoms with Crippen LogP contribution in [0.5, 0.6) is 0 Å².